The third-order valence-electron chi connectivity index (χ3n) is 4.89. The number of carbonyl (C=O) groups excluding carboxylic acids is 1. The van der Waals surface area contributed by atoms with Crippen molar-refractivity contribution in [1.29, 1.82) is 0 Å². The summed E-state index contributed by atoms with van der Waals surface area (Å²) in [5.74, 6) is 0.165. The van der Waals surface area contributed by atoms with E-state index in [-0.39, 0.29) is 35.1 Å². The molecule has 2 N–H and O–H groups in total. The van der Waals surface area contributed by atoms with Crippen LogP contribution in [-0.4, -0.2) is 29.8 Å². The van der Waals surface area contributed by atoms with Crippen molar-refractivity contribution < 1.29 is 14.6 Å². The van der Waals surface area contributed by atoms with E-state index in [1.165, 1.54) is 0 Å². The number of phenols is 1. The van der Waals surface area contributed by atoms with Gasteiger partial charge in [0.15, 0.2) is 0 Å². The Morgan fingerprint density at radius 1 is 1.45 bits per heavy atom. The van der Waals surface area contributed by atoms with Crippen LogP contribution >= 0.6 is 0 Å². The quantitative estimate of drug-likeness (QED) is 0.887. The maximum atomic E-state index is 12.1. The van der Waals surface area contributed by atoms with Crippen LogP contribution < -0.4 is 5.32 Å². The number of amides is 1. The van der Waals surface area contributed by atoms with Crippen LogP contribution in [0.3, 0.4) is 0 Å². The first-order chi connectivity index (χ1) is 9.28. The molecule has 0 bridgehead atoms. The maximum absolute atomic E-state index is 12.1. The standard InChI is InChI=1S/C16H23NO3/c1-15(2)13(10-16(15,3)20-4)17-14(19)9-11-6-5-7-12(18)8-11/h5-8,13,18H,9-10H2,1-4H3,(H,17,19)/t13-,16+/m1/s1. The molecule has 2 atom stereocenters. The van der Waals surface area contributed by atoms with Gasteiger partial charge in [-0.1, -0.05) is 26.0 Å². The first-order valence-corrected chi connectivity index (χ1v) is 6.91. The molecule has 2 rings (SSSR count). The van der Waals surface area contributed by atoms with E-state index < -0.39 is 0 Å². The highest BCUT2D eigenvalue weighted by atomic mass is 16.5. The van der Waals surface area contributed by atoms with Gasteiger partial charge in [-0.05, 0) is 31.0 Å². The van der Waals surface area contributed by atoms with Crippen molar-refractivity contribution in [3.63, 3.8) is 0 Å². The molecular weight excluding hydrogens is 254 g/mol. The largest absolute Gasteiger partial charge is 0.508 e. The summed E-state index contributed by atoms with van der Waals surface area (Å²) in [6.07, 6.45) is 1.10. The maximum Gasteiger partial charge on any atom is 0.224 e. The van der Waals surface area contributed by atoms with Gasteiger partial charge >= 0.3 is 0 Å². The normalized spacial score (nSPS) is 27.7. The fourth-order valence-corrected chi connectivity index (χ4v) is 2.82. The van der Waals surface area contributed by atoms with Gasteiger partial charge in [-0.2, -0.15) is 0 Å². The zero-order chi connectivity index (χ0) is 15.0. The molecule has 1 amide bonds. The first-order valence-electron chi connectivity index (χ1n) is 6.91. The van der Waals surface area contributed by atoms with Crippen molar-refractivity contribution in [3.05, 3.63) is 29.8 Å². The average Bonchev–Trinajstić information content (AvgIpc) is 2.37. The molecule has 4 nitrogen and oxygen atoms in total. The number of benzene rings is 1. The van der Waals surface area contributed by atoms with Crippen LogP contribution in [0.15, 0.2) is 24.3 Å². The fourth-order valence-electron chi connectivity index (χ4n) is 2.82. The molecule has 0 unspecified atom stereocenters. The van der Waals surface area contributed by atoms with E-state index in [1.54, 1.807) is 25.3 Å². The number of ether oxygens (including phenoxy) is 1. The summed E-state index contributed by atoms with van der Waals surface area (Å²) in [4.78, 5) is 12.1. The van der Waals surface area contributed by atoms with Gasteiger partial charge in [-0.15, -0.1) is 0 Å². The van der Waals surface area contributed by atoms with Crippen LogP contribution in [0.1, 0.15) is 32.8 Å². The number of nitrogens with one attached hydrogen (secondary N) is 1. The highest BCUT2D eigenvalue weighted by molar-refractivity contribution is 5.79. The zero-order valence-electron chi connectivity index (χ0n) is 12.6. The van der Waals surface area contributed by atoms with Crippen LogP contribution in [0.2, 0.25) is 0 Å². The molecule has 1 aliphatic carbocycles. The molecule has 1 aromatic carbocycles. The van der Waals surface area contributed by atoms with Gasteiger partial charge in [0.1, 0.15) is 5.75 Å². The Balaban J connectivity index is 1.94. The van der Waals surface area contributed by atoms with E-state index in [0.29, 0.717) is 0 Å². The van der Waals surface area contributed by atoms with Crippen LogP contribution in [0.25, 0.3) is 0 Å². The summed E-state index contributed by atoms with van der Waals surface area (Å²) in [5.41, 5.74) is 0.542. The number of hydrogen-bond acceptors (Lipinski definition) is 3. The Labute approximate surface area is 120 Å². The minimum absolute atomic E-state index is 0.0215. The van der Waals surface area contributed by atoms with Crippen molar-refractivity contribution >= 4 is 5.91 Å². The number of phenolic OH excluding ortho intramolecular Hbond substituents is 1. The molecule has 1 aliphatic rings. The Morgan fingerprint density at radius 2 is 2.15 bits per heavy atom. The van der Waals surface area contributed by atoms with Gasteiger partial charge in [0.25, 0.3) is 0 Å². The van der Waals surface area contributed by atoms with E-state index in [4.69, 9.17) is 4.74 Å². The molecule has 1 fully saturated rings. The van der Waals surface area contributed by atoms with Crippen molar-refractivity contribution in [3.8, 4) is 5.75 Å². The SMILES string of the molecule is CO[C@@]1(C)C[C@@H](NC(=O)Cc2cccc(O)c2)C1(C)C. The lowest BCUT2D eigenvalue weighted by Gasteiger charge is -2.59. The molecule has 0 aliphatic heterocycles. The first kappa shape index (κ1) is 14.9. The smallest absolute Gasteiger partial charge is 0.224 e. The van der Waals surface area contributed by atoms with Gasteiger partial charge < -0.3 is 15.2 Å². The second-order valence-electron chi connectivity index (χ2n) is 6.33. The van der Waals surface area contributed by atoms with E-state index in [0.717, 1.165) is 12.0 Å². The lowest BCUT2D eigenvalue weighted by atomic mass is 9.56. The number of rotatable bonds is 4. The summed E-state index contributed by atoms with van der Waals surface area (Å²) in [6, 6.07) is 6.92. The molecule has 0 spiro atoms. The van der Waals surface area contributed by atoms with Crippen molar-refractivity contribution in [1.82, 2.24) is 5.32 Å². The van der Waals surface area contributed by atoms with Gasteiger partial charge in [0.05, 0.1) is 12.0 Å². The summed E-state index contributed by atoms with van der Waals surface area (Å²) >= 11 is 0. The van der Waals surface area contributed by atoms with Gasteiger partial charge in [0.2, 0.25) is 5.91 Å². The number of aromatic hydroxyl groups is 1. The molecule has 20 heavy (non-hydrogen) atoms. The Morgan fingerprint density at radius 3 is 2.70 bits per heavy atom. The predicted octanol–water partition coefficient (Wildman–Crippen LogP) is 2.25. The van der Waals surface area contributed by atoms with E-state index in [9.17, 15) is 9.90 Å². The van der Waals surface area contributed by atoms with Crippen molar-refractivity contribution in [2.24, 2.45) is 5.41 Å². The third-order valence-corrected chi connectivity index (χ3v) is 4.89. The highest BCUT2D eigenvalue weighted by Gasteiger charge is 2.58. The minimum atomic E-state index is -0.185. The molecular formula is C16H23NO3. The summed E-state index contributed by atoms with van der Waals surface area (Å²) in [7, 11) is 1.71. The van der Waals surface area contributed by atoms with Crippen LogP contribution in [-0.2, 0) is 16.0 Å². The van der Waals surface area contributed by atoms with Crippen LogP contribution in [0.4, 0.5) is 0 Å². The monoisotopic (exact) mass is 277 g/mol. The van der Waals surface area contributed by atoms with Crippen LogP contribution in [0, 0.1) is 5.41 Å². The van der Waals surface area contributed by atoms with Crippen LogP contribution in [0.5, 0.6) is 5.75 Å². The molecule has 0 radical (unpaired) electrons. The zero-order valence-corrected chi connectivity index (χ0v) is 12.6. The lowest BCUT2D eigenvalue weighted by Crippen LogP contribution is -2.68. The molecule has 110 valence electrons. The van der Waals surface area contributed by atoms with Gasteiger partial charge in [-0.25, -0.2) is 0 Å². The molecule has 1 aromatic rings. The topological polar surface area (TPSA) is 58.6 Å². The number of methoxy groups -OCH3 is 1. The van der Waals surface area contributed by atoms with E-state index in [2.05, 4.69) is 26.1 Å². The van der Waals surface area contributed by atoms with E-state index in [1.807, 2.05) is 6.07 Å². The van der Waals surface area contributed by atoms with Crippen molar-refractivity contribution in [2.45, 2.75) is 45.3 Å². The van der Waals surface area contributed by atoms with E-state index >= 15 is 0 Å². The minimum Gasteiger partial charge on any atom is -0.508 e. The Bertz CT molecular complexity index is 512. The molecule has 1 saturated carbocycles. The third kappa shape index (κ3) is 2.52. The summed E-state index contributed by atoms with van der Waals surface area (Å²) < 4.78 is 5.55. The molecule has 0 aromatic heterocycles. The average molecular weight is 277 g/mol. The molecule has 0 saturated heterocycles. The highest BCUT2D eigenvalue weighted by Crippen LogP contribution is 2.51. The molecule has 4 heteroatoms. The number of carbonyl (C=O) groups is 1. The predicted molar refractivity (Wildman–Crippen MR) is 77.6 cm³/mol. The lowest BCUT2D eigenvalue weighted by molar-refractivity contribution is -0.182. The molecule has 0 heterocycles. The summed E-state index contributed by atoms with van der Waals surface area (Å²) in [5, 5.41) is 12.5. The Hall–Kier alpha value is -1.55. The van der Waals surface area contributed by atoms with Gasteiger partial charge in [-0.3, -0.25) is 4.79 Å². The van der Waals surface area contributed by atoms with Gasteiger partial charge in [0, 0.05) is 18.6 Å². The second-order valence-corrected chi connectivity index (χ2v) is 6.33. The summed E-state index contributed by atoms with van der Waals surface area (Å²) in [6.45, 7) is 6.30. The second kappa shape index (κ2) is 5.09. The Kier molecular flexibility index (Phi) is 3.78. The fraction of sp³-hybridized carbons (Fsp3) is 0.562. The number of hydrogen-bond donors (Lipinski definition) is 2. The van der Waals surface area contributed by atoms with Crippen molar-refractivity contribution in [2.75, 3.05) is 7.11 Å².